The summed E-state index contributed by atoms with van der Waals surface area (Å²) in [7, 11) is 2.96. The summed E-state index contributed by atoms with van der Waals surface area (Å²) in [5.74, 6) is -1.79. The first kappa shape index (κ1) is 28.5. The first-order chi connectivity index (χ1) is 20.0. The predicted octanol–water partition coefficient (Wildman–Crippen LogP) is 5.71. The number of carbonyl (C=O) groups excluding carboxylic acids is 1. The molecule has 0 spiro atoms. The van der Waals surface area contributed by atoms with Gasteiger partial charge in [-0.2, -0.15) is 0 Å². The van der Waals surface area contributed by atoms with Gasteiger partial charge in [0.15, 0.2) is 0 Å². The minimum Gasteiger partial charge on any atom is -0.445 e. The van der Waals surface area contributed by atoms with Gasteiger partial charge in [0.25, 0.3) is 0 Å². The summed E-state index contributed by atoms with van der Waals surface area (Å²) in [5.41, 5.74) is 2.17. The second-order valence-corrected chi connectivity index (χ2v) is 9.99. The minimum atomic E-state index is -1.79. The van der Waals surface area contributed by atoms with E-state index in [2.05, 4.69) is 0 Å². The molecular formula is C34H35NO6. The minimum absolute atomic E-state index is 0.0468. The van der Waals surface area contributed by atoms with Gasteiger partial charge in [0.2, 0.25) is 0 Å². The van der Waals surface area contributed by atoms with Crippen molar-refractivity contribution in [3.8, 4) is 0 Å². The van der Waals surface area contributed by atoms with Gasteiger partial charge in [0.1, 0.15) is 18.2 Å². The molecule has 4 aromatic carbocycles. The zero-order valence-corrected chi connectivity index (χ0v) is 23.3. The van der Waals surface area contributed by atoms with Gasteiger partial charge in [-0.05, 0) is 22.3 Å². The topological polar surface area (TPSA) is 77.5 Å². The Hall–Kier alpha value is -4.01. The molecule has 0 aliphatic carbocycles. The van der Waals surface area contributed by atoms with Gasteiger partial charge < -0.3 is 24.1 Å². The Labute approximate surface area is 240 Å². The quantitative estimate of drug-likeness (QED) is 0.200. The Kier molecular flexibility index (Phi) is 8.81. The van der Waals surface area contributed by atoms with Gasteiger partial charge in [-0.15, -0.1) is 0 Å². The molecule has 0 saturated carbocycles. The predicted molar refractivity (Wildman–Crippen MR) is 155 cm³/mol. The van der Waals surface area contributed by atoms with Crippen LogP contribution in [-0.2, 0) is 31.2 Å². The van der Waals surface area contributed by atoms with E-state index >= 15 is 0 Å². The van der Waals surface area contributed by atoms with Crippen molar-refractivity contribution in [3.63, 3.8) is 0 Å². The summed E-state index contributed by atoms with van der Waals surface area (Å²) in [6.45, 7) is 0.139. The third-order valence-corrected chi connectivity index (χ3v) is 7.53. The van der Waals surface area contributed by atoms with Crippen molar-refractivity contribution in [2.75, 3.05) is 20.8 Å². The Morgan fingerprint density at radius 2 is 1.20 bits per heavy atom. The number of β-amino-alcohol motifs (C(OH)–C–C–N with tert-alkyl or cyclic N) is 1. The number of benzene rings is 4. The summed E-state index contributed by atoms with van der Waals surface area (Å²) in [6.07, 6.45) is -1.25. The van der Waals surface area contributed by atoms with Crippen LogP contribution in [0.2, 0.25) is 0 Å². The van der Waals surface area contributed by atoms with Crippen molar-refractivity contribution >= 4 is 6.09 Å². The van der Waals surface area contributed by atoms with Crippen molar-refractivity contribution in [2.45, 2.75) is 36.7 Å². The molecule has 7 heteroatoms. The average molecular weight is 554 g/mol. The first-order valence-corrected chi connectivity index (χ1v) is 13.6. The Morgan fingerprint density at radius 3 is 1.63 bits per heavy atom. The molecule has 0 radical (unpaired) electrons. The highest BCUT2D eigenvalue weighted by molar-refractivity contribution is 5.69. The first-order valence-electron chi connectivity index (χ1n) is 13.6. The molecule has 4 aromatic rings. The van der Waals surface area contributed by atoms with Gasteiger partial charge in [-0.1, -0.05) is 121 Å². The highest BCUT2D eigenvalue weighted by Crippen LogP contribution is 2.46. The van der Waals surface area contributed by atoms with Crippen molar-refractivity contribution in [3.05, 3.63) is 144 Å². The summed E-state index contributed by atoms with van der Waals surface area (Å²) < 4.78 is 25.0. The summed E-state index contributed by atoms with van der Waals surface area (Å²) in [4.78, 5) is 14.9. The van der Waals surface area contributed by atoms with E-state index in [1.165, 1.54) is 19.1 Å². The Balaban J connectivity index is 1.59. The molecule has 1 heterocycles. The lowest BCUT2D eigenvalue weighted by Crippen LogP contribution is -2.59. The van der Waals surface area contributed by atoms with Crippen molar-refractivity contribution in [2.24, 2.45) is 0 Å². The largest absolute Gasteiger partial charge is 0.445 e. The normalized spacial score (nSPS) is 17.4. The number of amides is 1. The monoisotopic (exact) mass is 553 g/mol. The number of likely N-dealkylation sites (tertiary alicyclic amines) is 1. The van der Waals surface area contributed by atoms with Crippen LogP contribution in [0.3, 0.4) is 0 Å². The van der Waals surface area contributed by atoms with Gasteiger partial charge in [0, 0.05) is 20.6 Å². The summed E-state index contributed by atoms with van der Waals surface area (Å²) in [6, 6.07) is 38.1. The number of ether oxygens (including phenoxy) is 4. The SMILES string of the molecule is COC(OC)(OC(c1ccccc1)(c1ccccc1)c1ccccc1)C1CC(O)CN1C(=O)OCc1ccccc1. The maximum Gasteiger partial charge on any atom is 0.410 e. The molecule has 5 rings (SSSR count). The second-order valence-electron chi connectivity index (χ2n) is 9.99. The fraction of sp³-hybridized carbons (Fsp3) is 0.265. The van der Waals surface area contributed by atoms with E-state index in [4.69, 9.17) is 18.9 Å². The average Bonchev–Trinajstić information content (AvgIpc) is 3.45. The second kappa shape index (κ2) is 12.7. The number of aliphatic hydroxyl groups is 1. The molecule has 0 aromatic heterocycles. The van der Waals surface area contributed by atoms with Gasteiger partial charge >= 0.3 is 12.1 Å². The zero-order valence-electron chi connectivity index (χ0n) is 23.3. The van der Waals surface area contributed by atoms with Crippen LogP contribution >= 0.6 is 0 Å². The molecule has 1 amide bonds. The molecule has 1 N–H and O–H groups in total. The van der Waals surface area contributed by atoms with Crippen molar-refractivity contribution in [1.29, 1.82) is 0 Å². The molecular weight excluding hydrogens is 518 g/mol. The number of hydrogen-bond donors (Lipinski definition) is 1. The van der Waals surface area contributed by atoms with E-state index in [1.54, 1.807) is 0 Å². The molecule has 1 aliphatic heterocycles. The van der Waals surface area contributed by atoms with Crippen LogP contribution in [0.1, 0.15) is 28.7 Å². The Bertz CT molecular complexity index is 1280. The molecule has 1 fully saturated rings. The molecule has 7 nitrogen and oxygen atoms in total. The molecule has 212 valence electrons. The van der Waals surface area contributed by atoms with Gasteiger partial charge in [0.05, 0.1) is 12.6 Å². The maximum atomic E-state index is 13.5. The number of nitrogens with zero attached hydrogens (tertiary/aromatic N) is 1. The summed E-state index contributed by atoms with van der Waals surface area (Å²) in [5, 5.41) is 10.8. The fourth-order valence-corrected chi connectivity index (χ4v) is 5.57. The van der Waals surface area contributed by atoms with Crippen LogP contribution in [0.25, 0.3) is 0 Å². The number of carbonyl (C=O) groups is 1. The fourth-order valence-electron chi connectivity index (χ4n) is 5.57. The highest BCUT2D eigenvalue weighted by atomic mass is 16.9. The maximum absolute atomic E-state index is 13.5. The van der Waals surface area contributed by atoms with Crippen LogP contribution < -0.4 is 0 Å². The number of hydrogen-bond acceptors (Lipinski definition) is 6. The molecule has 1 aliphatic rings. The molecule has 0 bridgehead atoms. The van der Waals surface area contributed by atoms with Crippen LogP contribution in [0, 0.1) is 0 Å². The number of rotatable bonds is 10. The highest BCUT2D eigenvalue weighted by Gasteiger charge is 2.56. The lowest BCUT2D eigenvalue weighted by molar-refractivity contribution is -0.405. The van der Waals surface area contributed by atoms with E-state index in [9.17, 15) is 9.90 Å². The lowest BCUT2D eigenvalue weighted by Gasteiger charge is -2.46. The third kappa shape index (κ3) is 5.76. The van der Waals surface area contributed by atoms with Crippen LogP contribution in [0.4, 0.5) is 4.79 Å². The van der Waals surface area contributed by atoms with E-state index < -0.39 is 29.8 Å². The third-order valence-electron chi connectivity index (χ3n) is 7.53. The van der Waals surface area contributed by atoms with E-state index in [-0.39, 0.29) is 19.6 Å². The smallest absolute Gasteiger partial charge is 0.410 e. The van der Waals surface area contributed by atoms with E-state index in [1.807, 2.05) is 121 Å². The van der Waals surface area contributed by atoms with E-state index in [0.717, 1.165) is 22.3 Å². The number of methoxy groups -OCH3 is 2. The van der Waals surface area contributed by atoms with Gasteiger partial charge in [-0.25, -0.2) is 4.79 Å². The zero-order chi connectivity index (χ0) is 28.7. The molecule has 2 unspecified atom stereocenters. The van der Waals surface area contributed by atoms with Crippen molar-refractivity contribution in [1.82, 2.24) is 4.90 Å². The van der Waals surface area contributed by atoms with E-state index in [0.29, 0.717) is 0 Å². The van der Waals surface area contributed by atoms with Gasteiger partial charge in [-0.3, -0.25) is 4.90 Å². The molecule has 1 saturated heterocycles. The standard InChI is InChI=1S/C34H35NO6/c1-38-34(39-2,31-23-30(36)24-35(31)32(37)40-25-26-15-7-3-8-16-26)41-33(27-17-9-4-10-18-27,28-19-11-5-12-20-28)29-21-13-6-14-22-29/h3-22,30-31,36H,23-25H2,1-2H3. The molecule has 41 heavy (non-hydrogen) atoms. The van der Waals surface area contributed by atoms with Crippen LogP contribution in [0.15, 0.2) is 121 Å². The summed E-state index contributed by atoms with van der Waals surface area (Å²) >= 11 is 0. The van der Waals surface area contributed by atoms with Crippen molar-refractivity contribution < 1.29 is 28.8 Å². The number of aliphatic hydroxyl groups excluding tert-OH is 1. The van der Waals surface area contributed by atoms with Crippen LogP contribution in [-0.4, -0.2) is 55.0 Å². The Morgan fingerprint density at radius 1 is 0.756 bits per heavy atom. The lowest BCUT2D eigenvalue weighted by atomic mass is 9.80. The molecule has 2 atom stereocenters. The van der Waals surface area contributed by atoms with Crippen LogP contribution in [0.5, 0.6) is 0 Å².